The van der Waals surface area contributed by atoms with Crippen LogP contribution in [-0.2, 0) is 10.0 Å². The second kappa shape index (κ2) is 5.59. The zero-order valence-corrected chi connectivity index (χ0v) is 13.0. The van der Waals surface area contributed by atoms with Crippen LogP contribution in [0.2, 0.25) is 0 Å². The van der Waals surface area contributed by atoms with Crippen LogP contribution in [0.4, 0.5) is 0 Å². The normalized spacial score (nSPS) is 13.4. The van der Waals surface area contributed by atoms with Crippen LogP contribution in [0.5, 0.6) is 0 Å². The largest absolute Gasteiger partial charge is 0.387 e. The summed E-state index contributed by atoms with van der Waals surface area (Å²) in [4.78, 5) is 0.209. The van der Waals surface area contributed by atoms with E-state index < -0.39 is 16.1 Å². The van der Waals surface area contributed by atoms with Crippen molar-refractivity contribution in [1.82, 2.24) is 3.97 Å². The number of hydrogen-bond acceptors (Lipinski definition) is 3. The Bertz CT molecular complexity index is 898. The van der Waals surface area contributed by atoms with Crippen LogP contribution in [0.25, 0.3) is 10.9 Å². The van der Waals surface area contributed by atoms with E-state index in [1.165, 1.54) is 3.97 Å². The summed E-state index contributed by atoms with van der Waals surface area (Å²) in [6.45, 7) is 1.82. The van der Waals surface area contributed by atoms with Crippen LogP contribution in [-0.4, -0.2) is 17.5 Å². The first kappa shape index (κ1) is 14.8. The highest BCUT2D eigenvalue weighted by Crippen LogP contribution is 2.30. The van der Waals surface area contributed by atoms with Crippen LogP contribution in [0, 0.1) is 0 Å². The molecule has 0 saturated heterocycles. The summed E-state index contributed by atoms with van der Waals surface area (Å²) < 4.78 is 27.3. The van der Waals surface area contributed by atoms with E-state index in [9.17, 15) is 13.5 Å². The summed E-state index contributed by atoms with van der Waals surface area (Å²) in [5, 5.41) is 11.0. The molecule has 3 rings (SSSR count). The topological polar surface area (TPSA) is 59.3 Å². The molecule has 1 heterocycles. The highest BCUT2D eigenvalue weighted by Gasteiger charge is 2.25. The molecule has 0 aliphatic carbocycles. The average molecular weight is 315 g/mol. The fourth-order valence-corrected chi connectivity index (χ4v) is 4.15. The third-order valence-electron chi connectivity index (χ3n) is 3.70. The van der Waals surface area contributed by atoms with Crippen LogP contribution in [0.15, 0.2) is 65.6 Å². The Balaban J connectivity index is 2.34. The molecular weight excluding hydrogens is 298 g/mol. The minimum Gasteiger partial charge on any atom is -0.387 e. The smallest absolute Gasteiger partial charge is 0.268 e. The molecule has 0 aliphatic heterocycles. The van der Waals surface area contributed by atoms with Crippen molar-refractivity contribution in [3.63, 3.8) is 0 Å². The predicted molar refractivity (Wildman–Crippen MR) is 86.2 cm³/mol. The van der Waals surface area contributed by atoms with Gasteiger partial charge in [0.1, 0.15) is 0 Å². The molecule has 0 fully saturated rings. The van der Waals surface area contributed by atoms with E-state index in [2.05, 4.69) is 0 Å². The zero-order chi connectivity index (χ0) is 15.7. The number of rotatable bonds is 4. The van der Waals surface area contributed by atoms with E-state index in [1.807, 2.05) is 19.1 Å². The Kier molecular flexibility index (Phi) is 3.76. The number of hydrogen-bond donors (Lipinski definition) is 1. The maximum Gasteiger partial charge on any atom is 0.268 e. The van der Waals surface area contributed by atoms with Gasteiger partial charge in [0.15, 0.2) is 0 Å². The van der Waals surface area contributed by atoms with Crippen molar-refractivity contribution in [3.8, 4) is 0 Å². The zero-order valence-electron chi connectivity index (χ0n) is 12.2. The van der Waals surface area contributed by atoms with Gasteiger partial charge in [0.05, 0.1) is 22.2 Å². The van der Waals surface area contributed by atoms with Crippen LogP contribution >= 0.6 is 0 Å². The second-order valence-electron chi connectivity index (χ2n) is 5.13. The van der Waals surface area contributed by atoms with Gasteiger partial charge in [0.25, 0.3) is 10.0 Å². The minimum absolute atomic E-state index is 0.209. The van der Waals surface area contributed by atoms with E-state index in [1.54, 1.807) is 48.5 Å². The molecule has 1 unspecified atom stereocenters. The lowest BCUT2D eigenvalue weighted by atomic mass is 10.2. The molecule has 1 N–H and O–H groups in total. The summed E-state index contributed by atoms with van der Waals surface area (Å²) in [7, 11) is -3.75. The van der Waals surface area contributed by atoms with Crippen molar-refractivity contribution in [3.05, 3.63) is 66.4 Å². The number of aliphatic hydroxyl groups is 1. The first-order chi connectivity index (χ1) is 10.6. The van der Waals surface area contributed by atoms with E-state index in [0.717, 1.165) is 5.39 Å². The molecule has 1 atom stereocenters. The molecule has 114 valence electrons. The van der Waals surface area contributed by atoms with Crippen molar-refractivity contribution in [2.24, 2.45) is 0 Å². The number of nitrogens with zero attached hydrogens (tertiary/aromatic N) is 1. The number of para-hydroxylation sites is 1. The number of benzene rings is 2. The Hall–Kier alpha value is -2.11. The third-order valence-corrected chi connectivity index (χ3v) is 5.46. The molecule has 0 aliphatic rings. The van der Waals surface area contributed by atoms with Gasteiger partial charge in [-0.3, -0.25) is 0 Å². The van der Waals surface area contributed by atoms with Gasteiger partial charge in [-0.2, -0.15) is 0 Å². The lowest BCUT2D eigenvalue weighted by Crippen LogP contribution is -2.17. The molecular formula is C17H17NO3S. The predicted octanol–water partition coefficient (Wildman–Crippen LogP) is 3.32. The monoisotopic (exact) mass is 315 g/mol. The Labute approximate surface area is 129 Å². The van der Waals surface area contributed by atoms with E-state index in [4.69, 9.17) is 0 Å². The quantitative estimate of drug-likeness (QED) is 0.803. The van der Waals surface area contributed by atoms with Gasteiger partial charge in [-0.05, 0) is 30.7 Å². The maximum atomic E-state index is 13.0. The highest BCUT2D eigenvalue weighted by atomic mass is 32.2. The van der Waals surface area contributed by atoms with Crippen molar-refractivity contribution < 1.29 is 13.5 Å². The average Bonchev–Trinajstić information content (AvgIpc) is 2.95. The molecule has 3 aromatic rings. The van der Waals surface area contributed by atoms with Crippen molar-refractivity contribution in [1.29, 1.82) is 0 Å². The van der Waals surface area contributed by atoms with Crippen LogP contribution < -0.4 is 0 Å². The van der Waals surface area contributed by atoms with Crippen molar-refractivity contribution in [2.45, 2.75) is 24.3 Å². The van der Waals surface area contributed by atoms with Gasteiger partial charge >= 0.3 is 0 Å². The summed E-state index contributed by atoms with van der Waals surface area (Å²) >= 11 is 0. The molecule has 22 heavy (non-hydrogen) atoms. The molecule has 0 amide bonds. The number of aliphatic hydroxyl groups excluding tert-OH is 1. The SMILES string of the molecule is CCC(O)c1cc2ccccc2n1S(=O)(=O)c1ccccc1. The first-order valence-electron chi connectivity index (χ1n) is 7.14. The molecule has 4 nitrogen and oxygen atoms in total. The Morgan fingerprint density at radius 2 is 1.68 bits per heavy atom. The molecule has 0 spiro atoms. The molecule has 2 aromatic carbocycles. The van der Waals surface area contributed by atoms with E-state index in [0.29, 0.717) is 17.6 Å². The fourth-order valence-electron chi connectivity index (χ4n) is 2.56. The molecule has 1 aromatic heterocycles. The summed E-state index contributed by atoms with van der Waals surface area (Å²) in [5.41, 5.74) is 0.974. The molecule has 0 bridgehead atoms. The van der Waals surface area contributed by atoms with E-state index >= 15 is 0 Å². The van der Waals surface area contributed by atoms with Crippen molar-refractivity contribution in [2.75, 3.05) is 0 Å². The fraction of sp³-hybridized carbons (Fsp3) is 0.176. The lowest BCUT2D eigenvalue weighted by molar-refractivity contribution is 0.168. The van der Waals surface area contributed by atoms with Gasteiger partial charge in [0.2, 0.25) is 0 Å². The molecule has 0 radical (unpaired) electrons. The lowest BCUT2D eigenvalue weighted by Gasteiger charge is -2.15. The van der Waals surface area contributed by atoms with Crippen LogP contribution in [0.3, 0.4) is 0 Å². The minimum atomic E-state index is -3.75. The Morgan fingerprint density at radius 3 is 2.36 bits per heavy atom. The standard InChI is InChI=1S/C17H17NO3S/c1-2-17(19)16-12-13-8-6-7-11-15(13)18(16)22(20,21)14-9-4-3-5-10-14/h3-12,17,19H,2H2,1H3. The van der Waals surface area contributed by atoms with Crippen molar-refractivity contribution >= 4 is 20.9 Å². The van der Waals surface area contributed by atoms with Gasteiger partial charge < -0.3 is 5.11 Å². The number of aromatic nitrogens is 1. The van der Waals surface area contributed by atoms with E-state index in [-0.39, 0.29) is 4.90 Å². The number of fused-ring (bicyclic) bond motifs is 1. The summed E-state index contributed by atoms with van der Waals surface area (Å²) in [6.07, 6.45) is -0.383. The third kappa shape index (κ3) is 2.32. The second-order valence-corrected chi connectivity index (χ2v) is 6.92. The highest BCUT2D eigenvalue weighted by molar-refractivity contribution is 7.90. The molecule has 5 heteroatoms. The first-order valence-corrected chi connectivity index (χ1v) is 8.58. The van der Waals surface area contributed by atoms with Gasteiger partial charge in [0, 0.05) is 5.39 Å². The Morgan fingerprint density at radius 1 is 1.05 bits per heavy atom. The summed E-state index contributed by atoms with van der Waals surface area (Å²) in [5.74, 6) is 0. The van der Waals surface area contributed by atoms with Crippen LogP contribution in [0.1, 0.15) is 25.1 Å². The van der Waals surface area contributed by atoms with Gasteiger partial charge in [-0.1, -0.05) is 43.3 Å². The van der Waals surface area contributed by atoms with Gasteiger partial charge in [-0.15, -0.1) is 0 Å². The van der Waals surface area contributed by atoms with Gasteiger partial charge in [-0.25, -0.2) is 12.4 Å². The maximum absolute atomic E-state index is 13.0. The molecule has 0 saturated carbocycles. The summed E-state index contributed by atoms with van der Waals surface area (Å²) in [6, 6.07) is 17.3.